The Labute approximate surface area is 146 Å². The highest BCUT2D eigenvalue weighted by Crippen LogP contribution is 2.26. The van der Waals surface area contributed by atoms with E-state index in [1.165, 1.54) is 0 Å². The van der Waals surface area contributed by atoms with Gasteiger partial charge in [-0.05, 0) is 18.2 Å². The number of benzene rings is 1. The van der Waals surface area contributed by atoms with E-state index in [1.807, 2.05) is 38.1 Å². The van der Waals surface area contributed by atoms with Crippen molar-refractivity contribution in [1.82, 2.24) is 20.0 Å². The number of amides is 1. The SMILES string of the molecule is COc1ccc2cc(-c3nc(CCN(C)C(=O)C(C)C)no3)[nH]c2c1. The molecule has 7 nitrogen and oxygen atoms in total. The van der Waals surface area contributed by atoms with Crippen molar-refractivity contribution >= 4 is 16.8 Å². The number of nitrogens with zero attached hydrogens (tertiary/aromatic N) is 3. The maximum atomic E-state index is 11.9. The van der Waals surface area contributed by atoms with Gasteiger partial charge >= 0.3 is 0 Å². The standard InChI is InChI=1S/C18H22N4O3/c1-11(2)18(23)22(3)8-7-16-20-17(25-21-16)15-9-12-5-6-13(24-4)10-14(12)19-15/h5-6,9-11,19H,7-8H2,1-4H3. The number of aromatic amines is 1. The van der Waals surface area contributed by atoms with Crippen LogP contribution in [0, 0.1) is 5.92 Å². The predicted molar refractivity (Wildman–Crippen MR) is 94.3 cm³/mol. The highest BCUT2D eigenvalue weighted by Gasteiger charge is 2.15. The van der Waals surface area contributed by atoms with Crippen molar-refractivity contribution in [2.24, 2.45) is 5.92 Å². The number of hydrogen-bond donors (Lipinski definition) is 1. The van der Waals surface area contributed by atoms with Gasteiger partial charge in [0.25, 0.3) is 5.89 Å². The number of ether oxygens (including phenoxy) is 1. The van der Waals surface area contributed by atoms with E-state index in [4.69, 9.17) is 9.26 Å². The first-order valence-corrected chi connectivity index (χ1v) is 8.22. The van der Waals surface area contributed by atoms with Gasteiger partial charge in [0, 0.05) is 42.9 Å². The molecule has 0 atom stereocenters. The minimum atomic E-state index is -0.0193. The van der Waals surface area contributed by atoms with E-state index < -0.39 is 0 Å². The van der Waals surface area contributed by atoms with Crippen LogP contribution >= 0.6 is 0 Å². The van der Waals surface area contributed by atoms with Crippen LogP contribution in [0.25, 0.3) is 22.5 Å². The van der Waals surface area contributed by atoms with Crippen LogP contribution in [0.5, 0.6) is 5.75 Å². The molecule has 0 saturated carbocycles. The van der Waals surface area contributed by atoms with E-state index in [9.17, 15) is 4.79 Å². The third kappa shape index (κ3) is 3.65. The Bertz CT molecular complexity index is 881. The highest BCUT2D eigenvalue weighted by atomic mass is 16.5. The average Bonchev–Trinajstić information content (AvgIpc) is 3.24. The summed E-state index contributed by atoms with van der Waals surface area (Å²) in [5.41, 5.74) is 1.70. The Hall–Kier alpha value is -2.83. The second-order valence-electron chi connectivity index (χ2n) is 6.32. The molecule has 132 valence electrons. The fourth-order valence-corrected chi connectivity index (χ4v) is 2.63. The Balaban J connectivity index is 1.72. The van der Waals surface area contributed by atoms with Gasteiger partial charge in [0.15, 0.2) is 5.82 Å². The number of nitrogens with one attached hydrogen (secondary N) is 1. The fraction of sp³-hybridized carbons (Fsp3) is 0.389. The van der Waals surface area contributed by atoms with Crippen molar-refractivity contribution < 1.29 is 14.1 Å². The van der Waals surface area contributed by atoms with Crippen LogP contribution in [0.2, 0.25) is 0 Å². The lowest BCUT2D eigenvalue weighted by Crippen LogP contribution is -2.32. The van der Waals surface area contributed by atoms with Gasteiger partial charge in [0.1, 0.15) is 11.4 Å². The van der Waals surface area contributed by atoms with Gasteiger partial charge < -0.3 is 19.1 Å². The van der Waals surface area contributed by atoms with Crippen LogP contribution in [0.4, 0.5) is 0 Å². The summed E-state index contributed by atoms with van der Waals surface area (Å²) >= 11 is 0. The van der Waals surface area contributed by atoms with Gasteiger partial charge in [-0.25, -0.2) is 0 Å². The van der Waals surface area contributed by atoms with Gasteiger partial charge in [-0.3, -0.25) is 4.79 Å². The van der Waals surface area contributed by atoms with Crippen molar-refractivity contribution in [3.8, 4) is 17.3 Å². The molecule has 0 fully saturated rings. The quantitative estimate of drug-likeness (QED) is 0.744. The van der Waals surface area contributed by atoms with Gasteiger partial charge in [-0.1, -0.05) is 19.0 Å². The topological polar surface area (TPSA) is 84.2 Å². The average molecular weight is 342 g/mol. The van der Waals surface area contributed by atoms with Crippen molar-refractivity contribution in [1.29, 1.82) is 0 Å². The molecule has 3 aromatic rings. The number of H-pyrrole nitrogens is 1. The van der Waals surface area contributed by atoms with E-state index in [-0.39, 0.29) is 11.8 Å². The lowest BCUT2D eigenvalue weighted by Gasteiger charge is -2.18. The molecular formula is C18H22N4O3. The van der Waals surface area contributed by atoms with Gasteiger partial charge in [0.05, 0.1) is 7.11 Å². The number of carbonyl (C=O) groups is 1. The molecule has 1 amide bonds. The van der Waals surface area contributed by atoms with Crippen LogP contribution in [0.3, 0.4) is 0 Å². The lowest BCUT2D eigenvalue weighted by molar-refractivity contribution is -0.133. The molecule has 0 unspecified atom stereocenters. The molecule has 7 heteroatoms. The molecule has 0 aliphatic heterocycles. The molecule has 0 radical (unpaired) electrons. The van der Waals surface area contributed by atoms with E-state index in [2.05, 4.69) is 15.1 Å². The highest BCUT2D eigenvalue weighted by molar-refractivity contribution is 5.85. The van der Waals surface area contributed by atoms with Crippen molar-refractivity contribution in [3.63, 3.8) is 0 Å². The molecular weight excluding hydrogens is 320 g/mol. The zero-order chi connectivity index (χ0) is 18.0. The smallest absolute Gasteiger partial charge is 0.274 e. The van der Waals surface area contributed by atoms with Crippen LogP contribution in [0.15, 0.2) is 28.8 Å². The zero-order valence-corrected chi connectivity index (χ0v) is 14.9. The summed E-state index contributed by atoms with van der Waals surface area (Å²) in [5, 5.41) is 5.04. The molecule has 1 N–H and O–H groups in total. The van der Waals surface area contributed by atoms with E-state index in [1.54, 1.807) is 19.1 Å². The van der Waals surface area contributed by atoms with Crippen molar-refractivity contribution in [2.45, 2.75) is 20.3 Å². The third-order valence-electron chi connectivity index (χ3n) is 4.07. The summed E-state index contributed by atoms with van der Waals surface area (Å²) in [4.78, 5) is 21.3. The van der Waals surface area contributed by atoms with Crippen LogP contribution in [-0.4, -0.2) is 46.6 Å². The summed E-state index contributed by atoms with van der Waals surface area (Å²) in [6.07, 6.45) is 0.548. The number of methoxy groups -OCH3 is 1. The zero-order valence-electron chi connectivity index (χ0n) is 14.9. The third-order valence-corrected chi connectivity index (χ3v) is 4.07. The number of carbonyl (C=O) groups excluding carboxylic acids is 1. The van der Waals surface area contributed by atoms with Gasteiger partial charge in [-0.2, -0.15) is 4.98 Å². The van der Waals surface area contributed by atoms with Crippen molar-refractivity contribution in [2.75, 3.05) is 20.7 Å². The molecule has 0 bridgehead atoms. The molecule has 0 aliphatic rings. The molecule has 3 rings (SSSR count). The summed E-state index contributed by atoms with van der Waals surface area (Å²) < 4.78 is 10.6. The van der Waals surface area contributed by atoms with Gasteiger partial charge in [0.2, 0.25) is 5.91 Å². The Morgan fingerprint density at radius 2 is 2.16 bits per heavy atom. The fourth-order valence-electron chi connectivity index (χ4n) is 2.63. The monoisotopic (exact) mass is 342 g/mol. The number of aromatic nitrogens is 3. The van der Waals surface area contributed by atoms with Crippen LogP contribution < -0.4 is 4.74 Å². The van der Waals surface area contributed by atoms with E-state index in [0.29, 0.717) is 24.7 Å². The number of hydrogen-bond acceptors (Lipinski definition) is 5. The number of rotatable bonds is 6. The van der Waals surface area contributed by atoms with Crippen LogP contribution in [0.1, 0.15) is 19.7 Å². The molecule has 0 saturated heterocycles. The first-order valence-electron chi connectivity index (χ1n) is 8.22. The minimum Gasteiger partial charge on any atom is -0.497 e. The van der Waals surface area contributed by atoms with Gasteiger partial charge in [-0.15, -0.1) is 0 Å². The van der Waals surface area contributed by atoms with Crippen LogP contribution in [-0.2, 0) is 11.2 Å². The second kappa shape index (κ2) is 6.96. The molecule has 2 heterocycles. The normalized spacial score (nSPS) is 11.2. The molecule has 2 aromatic heterocycles. The first-order chi connectivity index (χ1) is 12.0. The molecule has 0 spiro atoms. The first kappa shape index (κ1) is 17.0. The summed E-state index contributed by atoms with van der Waals surface area (Å²) in [5.74, 6) is 1.88. The Morgan fingerprint density at radius 1 is 1.36 bits per heavy atom. The van der Waals surface area contributed by atoms with E-state index in [0.717, 1.165) is 22.3 Å². The summed E-state index contributed by atoms with van der Waals surface area (Å²) in [6.45, 7) is 4.33. The second-order valence-corrected chi connectivity index (χ2v) is 6.32. The number of likely N-dealkylation sites (N-methyl/N-ethyl adjacent to an activating group) is 1. The Morgan fingerprint density at radius 3 is 2.88 bits per heavy atom. The van der Waals surface area contributed by atoms with E-state index >= 15 is 0 Å². The maximum absolute atomic E-state index is 11.9. The number of fused-ring (bicyclic) bond motifs is 1. The van der Waals surface area contributed by atoms with Crippen molar-refractivity contribution in [3.05, 3.63) is 30.1 Å². The minimum absolute atomic E-state index is 0.0193. The Kier molecular flexibility index (Phi) is 4.74. The lowest BCUT2D eigenvalue weighted by atomic mass is 10.2. The molecule has 0 aliphatic carbocycles. The largest absolute Gasteiger partial charge is 0.497 e. The molecule has 25 heavy (non-hydrogen) atoms. The maximum Gasteiger partial charge on any atom is 0.274 e. The predicted octanol–water partition coefficient (Wildman–Crippen LogP) is 2.88. The molecule has 1 aromatic carbocycles. The summed E-state index contributed by atoms with van der Waals surface area (Å²) in [7, 11) is 3.42. The summed E-state index contributed by atoms with van der Waals surface area (Å²) in [6, 6.07) is 7.75.